The number of aryl methyl sites for hydroxylation is 1. The molecule has 1 fully saturated rings. The zero-order chi connectivity index (χ0) is 20.1. The molecule has 8 heteroatoms. The highest BCUT2D eigenvalue weighted by atomic mass is 32.1. The Morgan fingerprint density at radius 1 is 1.24 bits per heavy atom. The molecule has 0 saturated carbocycles. The van der Waals surface area contributed by atoms with Gasteiger partial charge in [-0.2, -0.15) is 0 Å². The lowest BCUT2D eigenvalue weighted by Crippen LogP contribution is -2.40. The second kappa shape index (κ2) is 6.66. The van der Waals surface area contributed by atoms with Gasteiger partial charge < -0.3 is 15.5 Å². The van der Waals surface area contributed by atoms with Crippen LogP contribution in [0.4, 0.5) is 11.4 Å². The van der Waals surface area contributed by atoms with Gasteiger partial charge in [-0.3, -0.25) is 14.4 Å². The topological polar surface area (TPSA) is 91.4 Å². The molecule has 3 amide bonds. The van der Waals surface area contributed by atoms with Gasteiger partial charge in [0, 0.05) is 17.8 Å². The first kappa shape index (κ1) is 17.8. The molecule has 2 N–H and O–H groups in total. The van der Waals surface area contributed by atoms with Crippen LogP contribution < -0.4 is 10.6 Å². The monoisotopic (exact) mass is 406 g/mol. The van der Waals surface area contributed by atoms with E-state index in [2.05, 4.69) is 15.6 Å². The average molecular weight is 406 g/mol. The van der Waals surface area contributed by atoms with Crippen LogP contribution in [0.5, 0.6) is 0 Å². The van der Waals surface area contributed by atoms with Crippen molar-refractivity contribution in [1.82, 2.24) is 9.88 Å². The van der Waals surface area contributed by atoms with Crippen molar-refractivity contribution in [2.24, 2.45) is 0 Å². The molecule has 7 nitrogen and oxygen atoms in total. The van der Waals surface area contributed by atoms with Crippen LogP contribution in [0.15, 0.2) is 36.4 Å². The Bertz CT molecular complexity index is 1190. The number of fused-ring (bicyclic) bond motifs is 3. The Morgan fingerprint density at radius 2 is 2.10 bits per heavy atom. The van der Waals surface area contributed by atoms with E-state index < -0.39 is 6.04 Å². The van der Waals surface area contributed by atoms with E-state index in [9.17, 15) is 14.4 Å². The first-order valence-electron chi connectivity index (χ1n) is 9.44. The molecule has 3 heterocycles. The minimum atomic E-state index is -0.414. The van der Waals surface area contributed by atoms with Crippen LogP contribution in [0.25, 0.3) is 10.2 Å². The van der Waals surface area contributed by atoms with Gasteiger partial charge in [0.2, 0.25) is 5.91 Å². The van der Waals surface area contributed by atoms with E-state index in [0.29, 0.717) is 35.5 Å². The van der Waals surface area contributed by atoms with Gasteiger partial charge in [0.15, 0.2) is 0 Å². The van der Waals surface area contributed by atoms with Crippen LogP contribution in [0, 0.1) is 6.92 Å². The van der Waals surface area contributed by atoms with Gasteiger partial charge in [-0.1, -0.05) is 0 Å². The molecule has 3 aromatic rings. The lowest BCUT2D eigenvalue weighted by molar-refractivity contribution is -0.119. The number of anilines is 2. The van der Waals surface area contributed by atoms with Crippen molar-refractivity contribution in [1.29, 1.82) is 0 Å². The molecule has 1 saturated heterocycles. The molecule has 2 aliphatic heterocycles. The van der Waals surface area contributed by atoms with E-state index in [0.717, 1.165) is 21.6 Å². The van der Waals surface area contributed by atoms with Gasteiger partial charge in [-0.25, -0.2) is 4.98 Å². The zero-order valence-electron chi connectivity index (χ0n) is 15.7. The first-order valence-corrected chi connectivity index (χ1v) is 10.3. The number of amides is 3. The van der Waals surface area contributed by atoms with E-state index in [-0.39, 0.29) is 17.7 Å². The molecule has 1 atom stereocenters. The molecule has 2 aromatic carbocycles. The Labute approximate surface area is 170 Å². The van der Waals surface area contributed by atoms with Crippen molar-refractivity contribution in [3.63, 3.8) is 0 Å². The summed E-state index contributed by atoms with van der Waals surface area (Å²) >= 11 is 1.54. The summed E-state index contributed by atoms with van der Waals surface area (Å²) in [7, 11) is 0. The smallest absolute Gasteiger partial charge is 0.256 e. The predicted octanol–water partition coefficient (Wildman–Crippen LogP) is 3.41. The van der Waals surface area contributed by atoms with Crippen LogP contribution in [-0.4, -0.2) is 40.2 Å². The van der Waals surface area contributed by atoms with Crippen LogP contribution >= 0.6 is 11.3 Å². The van der Waals surface area contributed by atoms with Crippen molar-refractivity contribution >= 4 is 50.6 Å². The van der Waals surface area contributed by atoms with E-state index in [1.54, 1.807) is 29.2 Å². The summed E-state index contributed by atoms with van der Waals surface area (Å²) < 4.78 is 0.954. The molecule has 0 bridgehead atoms. The predicted molar refractivity (Wildman–Crippen MR) is 111 cm³/mol. The third-order valence-electron chi connectivity index (χ3n) is 5.34. The van der Waals surface area contributed by atoms with Gasteiger partial charge in [0.1, 0.15) is 6.04 Å². The van der Waals surface area contributed by atoms with Crippen molar-refractivity contribution < 1.29 is 14.4 Å². The highest BCUT2D eigenvalue weighted by molar-refractivity contribution is 7.18. The fourth-order valence-corrected chi connectivity index (χ4v) is 4.81. The number of hydrogen-bond acceptors (Lipinski definition) is 5. The van der Waals surface area contributed by atoms with E-state index >= 15 is 0 Å². The van der Waals surface area contributed by atoms with Crippen molar-refractivity contribution in [3.8, 4) is 0 Å². The SMILES string of the molecule is Cc1nc2ccc(C(=O)Nc3ccc4c(c3)C(=O)N3CCCC3C(=O)N4)cc2s1. The fraction of sp³-hybridized carbons (Fsp3) is 0.238. The lowest BCUT2D eigenvalue weighted by atomic mass is 10.1. The van der Waals surface area contributed by atoms with Gasteiger partial charge in [-0.15, -0.1) is 11.3 Å². The second-order valence-corrected chi connectivity index (χ2v) is 8.51. The number of aromatic nitrogens is 1. The number of rotatable bonds is 2. The maximum absolute atomic E-state index is 12.9. The van der Waals surface area contributed by atoms with Gasteiger partial charge in [0.25, 0.3) is 11.8 Å². The largest absolute Gasteiger partial charge is 0.327 e. The number of nitrogens with zero attached hydrogens (tertiary/aromatic N) is 2. The van der Waals surface area contributed by atoms with Crippen molar-refractivity contribution in [2.75, 3.05) is 17.2 Å². The molecule has 5 rings (SSSR count). The van der Waals surface area contributed by atoms with E-state index in [4.69, 9.17) is 0 Å². The summed E-state index contributed by atoms with van der Waals surface area (Å²) in [5.74, 6) is -0.597. The Hall–Kier alpha value is -3.26. The molecule has 0 spiro atoms. The Kier molecular flexibility index (Phi) is 4.09. The number of nitrogens with one attached hydrogen (secondary N) is 2. The normalized spacial score (nSPS) is 18.2. The lowest BCUT2D eigenvalue weighted by Gasteiger charge is -2.20. The van der Waals surface area contributed by atoms with Crippen LogP contribution in [0.2, 0.25) is 0 Å². The van der Waals surface area contributed by atoms with E-state index in [1.807, 2.05) is 19.1 Å². The molecule has 1 aromatic heterocycles. The molecular formula is C21H18N4O3S. The first-order chi connectivity index (χ1) is 14.0. The number of hydrogen-bond donors (Lipinski definition) is 2. The van der Waals surface area contributed by atoms with Crippen LogP contribution in [-0.2, 0) is 4.79 Å². The molecule has 29 heavy (non-hydrogen) atoms. The summed E-state index contributed by atoms with van der Waals surface area (Å²) in [5.41, 5.74) is 2.78. The second-order valence-electron chi connectivity index (χ2n) is 7.28. The van der Waals surface area contributed by atoms with Gasteiger partial charge in [0.05, 0.1) is 26.5 Å². The fourth-order valence-electron chi connectivity index (χ4n) is 3.95. The highest BCUT2D eigenvalue weighted by Crippen LogP contribution is 2.31. The average Bonchev–Trinajstić information content (AvgIpc) is 3.31. The number of carbonyl (C=O) groups excluding carboxylic acids is 3. The maximum atomic E-state index is 12.9. The molecule has 1 unspecified atom stereocenters. The number of carbonyl (C=O) groups is 3. The van der Waals surface area contributed by atoms with Crippen molar-refractivity contribution in [3.05, 3.63) is 52.5 Å². The van der Waals surface area contributed by atoms with E-state index in [1.165, 1.54) is 11.3 Å². The molecule has 146 valence electrons. The number of thiazole rings is 1. The molecular weight excluding hydrogens is 388 g/mol. The zero-order valence-corrected chi connectivity index (χ0v) is 16.5. The molecule has 0 radical (unpaired) electrons. The molecule has 2 aliphatic rings. The minimum Gasteiger partial charge on any atom is -0.327 e. The van der Waals surface area contributed by atoms with Crippen LogP contribution in [0.1, 0.15) is 38.6 Å². The highest BCUT2D eigenvalue weighted by Gasteiger charge is 2.38. The third kappa shape index (κ3) is 3.05. The van der Waals surface area contributed by atoms with Crippen molar-refractivity contribution in [2.45, 2.75) is 25.8 Å². The number of benzene rings is 2. The van der Waals surface area contributed by atoms with Crippen LogP contribution in [0.3, 0.4) is 0 Å². The van der Waals surface area contributed by atoms with Gasteiger partial charge in [-0.05, 0) is 56.2 Å². The maximum Gasteiger partial charge on any atom is 0.256 e. The standard InChI is InChI=1S/C21H18N4O3S/c1-11-22-16-6-4-12(9-18(16)29-11)19(26)23-13-5-7-15-14(10-13)21(28)25-8-2-3-17(25)20(27)24-15/h4-7,9-10,17H,2-3,8H2,1H3,(H,23,26)(H,24,27). The summed E-state index contributed by atoms with van der Waals surface area (Å²) in [6, 6.07) is 9.96. The summed E-state index contributed by atoms with van der Waals surface area (Å²) in [5, 5.41) is 6.64. The summed E-state index contributed by atoms with van der Waals surface area (Å²) in [4.78, 5) is 44.1. The minimum absolute atomic E-state index is 0.153. The van der Waals surface area contributed by atoms with Gasteiger partial charge >= 0.3 is 0 Å². The third-order valence-corrected chi connectivity index (χ3v) is 6.27. The summed E-state index contributed by atoms with van der Waals surface area (Å²) in [6.45, 7) is 2.50. The Balaban J connectivity index is 1.43. The quantitative estimate of drug-likeness (QED) is 0.682. The Morgan fingerprint density at radius 3 is 2.97 bits per heavy atom. The molecule has 0 aliphatic carbocycles. The summed E-state index contributed by atoms with van der Waals surface area (Å²) in [6.07, 6.45) is 1.49.